The van der Waals surface area contributed by atoms with E-state index in [1.54, 1.807) is 4.90 Å². The molecule has 0 bridgehead atoms. The quantitative estimate of drug-likeness (QED) is 0.926. The summed E-state index contributed by atoms with van der Waals surface area (Å²) in [5.74, 6) is 1.37. The number of amides is 2. The van der Waals surface area contributed by atoms with Gasteiger partial charge in [-0.1, -0.05) is 6.07 Å². The van der Waals surface area contributed by atoms with Crippen LogP contribution < -0.4 is 5.32 Å². The zero-order valence-corrected chi connectivity index (χ0v) is 12.8. The first-order chi connectivity index (χ1) is 10.6. The van der Waals surface area contributed by atoms with Crippen molar-refractivity contribution < 1.29 is 13.9 Å². The lowest BCUT2D eigenvalue weighted by molar-refractivity contribution is 0.0564. The summed E-state index contributed by atoms with van der Waals surface area (Å²) in [4.78, 5) is 18.3. The summed E-state index contributed by atoms with van der Waals surface area (Å²) in [5, 5.41) is 2.91. The van der Waals surface area contributed by atoms with Crippen molar-refractivity contribution in [3.05, 3.63) is 35.7 Å². The van der Waals surface area contributed by atoms with Crippen molar-refractivity contribution in [3.8, 4) is 11.5 Å². The van der Waals surface area contributed by atoms with Crippen molar-refractivity contribution in [2.45, 2.75) is 13.8 Å². The molecular formula is C16H19N3O3. The highest BCUT2D eigenvalue weighted by Crippen LogP contribution is 2.24. The number of urea groups is 1. The molecule has 1 aromatic heterocycles. The van der Waals surface area contributed by atoms with Crippen molar-refractivity contribution >= 4 is 11.7 Å². The van der Waals surface area contributed by atoms with Crippen LogP contribution in [0.5, 0.6) is 0 Å². The van der Waals surface area contributed by atoms with Gasteiger partial charge in [-0.15, -0.1) is 0 Å². The van der Waals surface area contributed by atoms with Crippen molar-refractivity contribution in [3.63, 3.8) is 0 Å². The average molecular weight is 301 g/mol. The third kappa shape index (κ3) is 3.12. The van der Waals surface area contributed by atoms with Gasteiger partial charge in [-0.25, -0.2) is 9.78 Å². The minimum Gasteiger partial charge on any atom is -0.441 e. The van der Waals surface area contributed by atoms with Crippen molar-refractivity contribution in [2.75, 3.05) is 31.6 Å². The highest BCUT2D eigenvalue weighted by molar-refractivity contribution is 5.90. The number of carbonyl (C=O) groups excluding carboxylic acids is 1. The summed E-state index contributed by atoms with van der Waals surface area (Å²) in [6.07, 6.45) is 0. The molecule has 1 aliphatic heterocycles. The van der Waals surface area contributed by atoms with E-state index >= 15 is 0 Å². The number of ether oxygens (including phenoxy) is 1. The lowest BCUT2D eigenvalue weighted by Crippen LogP contribution is -2.43. The number of hydrogen-bond acceptors (Lipinski definition) is 4. The van der Waals surface area contributed by atoms with Crippen LogP contribution in [0.25, 0.3) is 11.5 Å². The first-order valence-corrected chi connectivity index (χ1v) is 7.31. The Labute approximate surface area is 129 Å². The molecule has 0 radical (unpaired) electrons. The monoisotopic (exact) mass is 301 g/mol. The molecule has 1 saturated heterocycles. The Bertz CT molecular complexity index is 656. The maximum Gasteiger partial charge on any atom is 0.321 e. The molecule has 3 rings (SSSR count). The first kappa shape index (κ1) is 14.6. The number of morpholine rings is 1. The number of hydrogen-bond donors (Lipinski definition) is 1. The Morgan fingerprint density at radius 2 is 2.05 bits per heavy atom. The van der Waals surface area contributed by atoms with Crippen LogP contribution in [0.1, 0.15) is 11.5 Å². The second-order valence-electron chi connectivity index (χ2n) is 5.27. The van der Waals surface area contributed by atoms with Gasteiger partial charge in [-0.3, -0.25) is 0 Å². The molecule has 0 unspecified atom stereocenters. The normalized spacial score (nSPS) is 14.9. The third-order valence-corrected chi connectivity index (χ3v) is 3.69. The molecule has 0 saturated carbocycles. The van der Waals surface area contributed by atoms with E-state index < -0.39 is 0 Å². The number of aryl methyl sites for hydroxylation is 2. The SMILES string of the molecule is Cc1nc(-c2cccc(NC(=O)N3CCOCC3)c2)oc1C. The van der Waals surface area contributed by atoms with Gasteiger partial charge in [0.05, 0.1) is 18.9 Å². The van der Waals surface area contributed by atoms with Crippen LogP contribution in [0, 0.1) is 13.8 Å². The smallest absolute Gasteiger partial charge is 0.321 e. The molecule has 2 heterocycles. The van der Waals surface area contributed by atoms with E-state index in [9.17, 15) is 4.79 Å². The van der Waals surface area contributed by atoms with Gasteiger partial charge >= 0.3 is 6.03 Å². The summed E-state index contributed by atoms with van der Waals surface area (Å²) in [7, 11) is 0. The topological polar surface area (TPSA) is 67.6 Å². The zero-order chi connectivity index (χ0) is 15.5. The number of aromatic nitrogens is 1. The fraction of sp³-hybridized carbons (Fsp3) is 0.375. The largest absolute Gasteiger partial charge is 0.441 e. The third-order valence-electron chi connectivity index (χ3n) is 3.69. The van der Waals surface area contributed by atoms with E-state index in [0.29, 0.717) is 32.2 Å². The van der Waals surface area contributed by atoms with Gasteiger partial charge < -0.3 is 19.4 Å². The number of nitrogens with zero attached hydrogens (tertiary/aromatic N) is 2. The van der Waals surface area contributed by atoms with Crippen molar-refractivity contribution in [2.24, 2.45) is 0 Å². The maximum atomic E-state index is 12.2. The summed E-state index contributed by atoms with van der Waals surface area (Å²) in [6, 6.07) is 7.39. The van der Waals surface area contributed by atoms with Crippen LogP contribution in [0.3, 0.4) is 0 Å². The number of benzene rings is 1. The summed E-state index contributed by atoms with van der Waals surface area (Å²) >= 11 is 0. The van der Waals surface area contributed by atoms with Crippen LogP contribution in [0.4, 0.5) is 10.5 Å². The molecule has 1 fully saturated rings. The van der Waals surface area contributed by atoms with Crippen LogP contribution >= 0.6 is 0 Å². The van der Waals surface area contributed by atoms with E-state index in [-0.39, 0.29) is 6.03 Å². The molecule has 0 aliphatic carbocycles. The highest BCUT2D eigenvalue weighted by atomic mass is 16.5. The molecule has 0 spiro atoms. The molecule has 6 nitrogen and oxygen atoms in total. The van der Waals surface area contributed by atoms with Crippen LogP contribution in [-0.2, 0) is 4.74 Å². The van der Waals surface area contributed by atoms with E-state index in [2.05, 4.69) is 10.3 Å². The second kappa shape index (κ2) is 6.19. The van der Waals surface area contributed by atoms with E-state index in [1.165, 1.54) is 0 Å². The number of carbonyl (C=O) groups is 1. The average Bonchev–Trinajstić information content (AvgIpc) is 2.88. The Morgan fingerprint density at radius 3 is 2.73 bits per heavy atom. The van der Waals surface area contributed by atoms with Crippen molar-refractivity contribution in [1.82, 2.24) is 9.88 Å². The Balaban J connectivity index is 1.74. The fourth-order valence-electron chi connectivity index (χ4n) is 2.30. The van der Waals surface area contributed by atoms with Gasteiger partial charge in [0.2, 0.25) is 5.89 Å². The van der Waals surface area contributed by atoms with Crippen LogP contribution in [0.15, 0.2) is 28.7 Å². The second-order valence-corrected chi connectivity index (χ2v) is 5.27. The lowest BCUT2D eigenvalue weighted by atomic mass is 10.2. The molecule has 116 valence electrons. The van der Waals surface area contributed by atoms with Crippen LogP contribution in [0.2, 0.25) is 0 Å². The summed E-state index contributed by atoms with van der Waals surface area (Å²) < 4.78 is 10.9. The standard InChI is InChI=1S/C16H19N3O3/c1-11-12(2)22-15(17-11)13-4-3-5-14(10-13)18-16(20)19-6-8-21-9-7-19/h3-5,10H,6-9H2,1-2H3,(H,18,20). The summed E-state index contributed by atoms with van der Waals surface area (Å²) in [6.45, 7) is 6.19. The maximum absolute atomic E-state index is 12.2. The van der Waals surface area contributed by atoms with E-state index in [4.69, 9.17) is 9.15 Å². The van der Waals surface area contributed by atoms with Crippen molar-refractivity contribution in [1.29, 1.82) is 0 Å². The Hall–Kier alpha value is -2.34. The predicted octanol–water partition coefficient (Wildman–Crippen LogP) is 2.82. The van der Waals surface area contributed by atoms with Gasteiger partial charge in [0.1, 0.15) is 5.76 Å². The van der Waals surface area contributed by atoms with Gasteiger partial charge in [0.25, 0.3) is 0 Å². The molecule has 1 aromatic carbocycles. The molecule has 1 aliphatic rings. The summed E-state index contributed by atoms with van der Waals surface area (Å²) in [5.41, 5.74) is 2.44. The highest BCUT2D eigenvalue weighted by Gasteiger charge is 2.17. The fourth-order valence-corrected chi connectivity index (χ4v) is 2.30. The molecule has 6 heteroatoms. The van der Waals surface area contributed by atoms with E-state index in [1.807, 2.05) is 38.1 Å². The Morgan fingerprint density at radius 1 is 1.27 bits per heavy atom. The lowest BCUT2D eigenvalue weighted by Gasteiger charge is -2.26. The number of oxazole rings is 1. The predicted molar refractivity (Wildman–Crippen MR) is 82.8 cm³/mol. The number of rotatable bonds is 2. The van der Waals surface area contributed by atoms with E-state index in [0.717, 1.165) is 22.7 Å². The molecule has 0 atom stereocenters. The molecule has 2 amide bonds. The molecule has 22 heavy (non-hydrogen) atoms. The Kier molecular flexibility index (Phi) is 4.11. The van der Waals surface area contributed by atoms with Gasteiger partial charge in [-0.2, -0.15) is 0 Å². The van der Waals surface area contributed by atoms with Crippen LogP contribution in [-0.4, -0.2) is 42.2 Å². The zero-order valence-electron chi connectivity index (χ0n) is 12.8. The first-order valence-electron chi connectivity index (χ1n) is 7.31. The number of anilines is 1. The van der Waals surface area contributed by atoms with Gasteiger partial charge in [0.15, 0.2) is 0 Å². The molecule has 2 aromatic rings. The van der Waals surface area contributed by atoms with Gasteiger partial charge in [-0.05, 0) is 32.0 Å². The minimum atomic E-state index is -0.111. The minimum absolute atomic E-state index is 0.111. The number of nitrogens with one attached hydrogen (secondary N) is 1. The molecule has 1 N–H and O–H groups in total. The molecular weight excluding hydrogens is 282 g/mol. The van der Waals surface area contributed by atoms with Gasteiger partial charge in [0, 0.05) is 24.3 Å².